The zero-order valence-corrected chi connectivity index (χ0v) is 12.8. The lowest BCUT2D eigenvalue weighted by molar-refractivity contribution is 0.0992. The van der Waals surface area contributed by atoms with Crippen molar-refractivity contribution in [2.45, 2.75) is 27.2 Å². The molecular weight excluding hydrogens is 274 g/mol. The normalized spacial score (nSPS) is 11.9. The number of carbonyl (C=O) groups excluding carboxylic acids is 2. The predicted molar refractivity (Wildman–Crippen MR) is 78.1 cm³/mol. The van der Waals surface area contributed by atoms with Gasteiger partial charge in [0.1, 0.15) is 5.69 Å². The summed E-state index contributed by atoms with van der Waals surface area (Å²) in [5, 5.41) is 1.87. The Morgan fingerprint density at radius 3 is 2.65 bits per heavy atom. The van der Waals surface area contributed by atoms with E-state index in [4.69, 9.17) is 0 Å². The molecule has 5 nitrogen and oxygen atoms in total. The van der Waals surface area contributed by atoms with Crippen molar-refractivity contribution in [1.82, 2.24) is 9.55 Å². The fraction of sp³-hybridized carbons (Fsp3) is 0.357. The summed E-state index contributed by atoms with van der Waals surface area (Å²) < 4.78 is 1.79. The number of thiazole rings is 1. The number of amides is 1. The molecule has 1 amide bonds. The van der Waals surface area contributed by atoms with Gasteiger partial charge in [-0.2, -0.15) is 4.99 Å². The number of hydrogen-bond donors (Lipinski definition) is 1. The highest BCUT2D eigenvalue weighted by Gasteiger charge is 2.21. The lowest BCUT2D eigenvalue weighted by Gasteiger charge is -1.99. The van der Waals surface area contributed by atoms with Crippen LogP contribution in [0.4, 0.5) is 0 Å². The molecule has 0 aliphatic carbocycles. The Balaban J connectivity index is 2.54. The molecule has 0 saturated carbocycles. The Morgan fingerprint density at radius 1 is 1.45 bits per heavy atom. The minimum absolute atomic E-state index is 0.0312. The maximum absolute atomic E-state index is 12.3. The number of H-pyrrole nitrogens is 1. The fourth-order valence-electron chi connectivity index (χ4n) is 2.27. The minimum atomic E-state index is -0.338. The summed E-state index contributed by atoms with van der Waals surface area (Å²) in [6, 6.07) is 0. The van der Waals surface area contributed by atoms with E-state index < -0.39 is 0 Å². The Labute approximate surface area is 121 Å². The number of nitrogens with one attached hydrogen (secondary N) is 1. The SMILES string of the molecule is CCc1c(C(=O)N=c2sccn2C)[nH]c(C)c1C(C)=O. The van der Waals surface area contributed by atoms with E-state index in [-0.39, 0.29) is 11.7 Å². The lowest BCUT2D eigenvalue weighted by Crippen LogP contribution is -2.13. The maximum Gasteiger partial charge on any atom is 0.296 e. The Morgan fingerprint density at radius 2 is 2.15 bits per heavy atom. The number of ketones is 1. The van der Waals surface area contributed by atoms with Crippen LogP contribution in [0.15, 0.2) is 16.6 Å². The lowest BCUT2D eigenvalue weighted by atomic mass is 10.0. The maximum atomic E-state index is 12.3. The largest absolute Gasteiger partial charge is 0.354 e. The second kappa shape index (κ2) is 5.58. The third kappa shape index (κ3) is 2.51. The Kier molecular flexibility index (Phi) is 4.04. The molecular formula is C14H17N3O2S. The first-order chi connectivity index (χ1) is 9.45. The first-order valence-electron chi connectivity index (χ1n) is 6.37. The van der Waals surface area contributed by atoms with Crippen LogP contribution in [0.5, 0.6) is 0 Å². The van der Waals surface area contributed by atoms with Gasteiger partial charge >= 0.3 is 0 Å². The van der Waals surface area contributed by atoms with Crippen LogP contribution in [-0.4, -0.2) is 21.2 Å². The predicted octanol–water partition coefficient (Wildman–Crippen LogP) is 2.23. The Hall–Kier alpha value is -1.95. The molecule has 0 aromatic carbocycles. The zero-order chi connectivity index (χ0) is 14.9. The summed E-state index contributed by atoms with van der Waals surface area (Å²) >= 11 is 1.40. The molecule has 2 aromatic rings. The molecule has 0 bridgehead atoms. The van der Waals surface area contributed by atoms with Gasteiger partial charge in [-0.1, -0.05) is 6.92 Å². The Bertz CT molecular complexity index is 734. The van der Waals surface area contributed by atoms with Gasteiger partial charge in [0.05, 0.1) is 0 Å². The van der Waals surface area contributed by atoms with Crippen LogP contribution in [0.2, 0.25) is 0 Å². The first-order valence-corrected chi connectivity index (χ1v) is 7.25. The zero-order valence-electron chi connectivity index (χ0n) is 12.0. The van der Waals surface area contributed by atoms with Gasteiger partial charge in [-0.3, -0.25) is 9.59 Å². The molecule has 0 atom stereocenters. The summed E-state index contributed by atoms with van der Waals surface area (Å²) in [4.78, 5) is 31.8. The summed E-state index contributed by atoms with van der Waals surface area (Å²) in [5.74, 6) is -0.369. The van der Waals surface area contributed by atoms with E-state index in [1.807, 2.05) is 25.5 Å². The van der Waals surface area contributed by atoms with E-state index in [9.17, 15) is 9.59 Å². The van der Waals surface area contributed by atoms with Gasteiger partial charge in [0.15, 0.2) is 10.6 Å². The molecule has 2 rings (SSSR count). The van der Waals surface area contributed by atoms with Crippen molar-refractivity contribution < 1.29 is 9.59 Å². The molecule has 0 aliphatic rings. The van der Waals surface area contributed by atoms with Crippen molar-refractivity contribution in [3.63, 3.8) is 0 Å². The van der Waals surface area contributed by atoms with E-state index in [0.717, 1.165) is 11.3 Å². The summed E-state index contributed by atoms with van der Waals surface area (Å²) in [6.45, 7) is 5.24. The molecule has 0 fully saturated rings. The smallest absolute Gasteiger partial charge is 0.296 e. The van der Waals surface area contributed by atoms with Crippen molar-refractivity contribution in [3.05, 3.63) is 38.9 Å². The molecule has 20 heavy (non-hydrogen) atoms. The summed E-state index contributed by atoms with van der Waals surface area (Å²) in [5.41, 5.74) is 2.51. The monoisotopic (exact) mass is 291 g/mol. The molecule has 0 spiro atoms. The topological polar surface area (TPSA) is 67.2 Å². The fourth-order valence-corrected chi connectivity index (χ4v) is 2.99. The van der Waals surface area contributed by atoms with Gasteiger partial charge in [-0.15, -0.1) is 11.3 Å². The van der Waals surface area contributed by atoms with Gasteiger partial charge in [-0.25, -0.2) is 0 Å². The molecule has 1 N–H and O–H groups in total. The van der Waals surface area contributed by atoms with E-state index in [0.29, 0.717) is 22.5 Å². The van der Waals surface area contributed by atoms with Crippen molar-refractivity contribution in [1.29, 1.82) is 0 Å². The summed E-state index contributed by atoms with van der Waals surface area (Å²) in [7, 11) is 1.84. The van der Waals surface area contributed by atoms with E-state index in [1.165, 1.54) is 18.3 Å². The number of nitrogens with zero attached hydrogens (tertiary/aromatic N) is 2. The van der Waals surface area contributed by atoms with Crippen LogP contribution in [0.1, 0.15) is 46.0 Å². The average Bonchev–Trinajstić information content (AvgIpc) is 2.93. The van der Waals surface area contributed by atoms with Crippen LogP contribution in [0.3, 0.4) is 0 Å². The van der Waals surface area contributed by atoms with E-state index in [1.54, 1.807) is 11.5 Å². The van der Waals surface area contributed by atoms with E-state index in [2.05, 4.69) is 9.98 Å². The molecule has 2 heterocycles. The van der Waals surface area contributed by atoms with Crippen LogP contribution in [0.25, 0.3) is 0 Å². The van der Waals surface area contributed by atoms with Gasteiger partial charge < -0.3 is 9.55 Å². The highest BCUT2D eigenvalue weighted by Crippen LogP contribution is 2.20. The number of hydrogen-bond acceptors (Lipinski definition) is 3. The van der Waals surface area contributed by atoms with Crippen molar-refractivity contribution in [2.24, 2.45) is 12.0 Å². The number of aryl methyl sites for hydroxylation is 2. The number of Topliss-reactive ketones (excluding diaryl/α,β-unsaturated/α-hetero) is 1. The second-order valence-corrected chi connectivity index (χ2v) is 5.47. The standard InChI is InChI=1S/C14H17N3O2S/c1-5-10-11(9(3)18)8(2)15-12(10)13(19)16-14-17(4)6-7-20-14/h6-7,15H,5H2,1-4H3. The molecule has 0 saturated heterocycles. The van der Waals surface area contributed by atoms with Gasteiger partial charge in [0.25, 0.3) is 5.91 Å². The number of rotatable bonds is 3. The molecule has 106 valence electrons. The third-order valence-electron chi connectivity index (χ3n) is 3.17. The van der Waals surface area contributed by atoms with Crippen molar-refractivity contribution in [3.8, 4) is 0 Å². The van der Waals surface area contributed by atoms with Crippen molar-refractivity contribution >= 4 is 23.0 Å². The third-order valence-corrected chi connectivity index (χ3v) is 4.02. The quantitative estimate of drug-likeness (QED) is 0.881. The first kappa shape index (κ1) is 14.5. The number of aromatic amines is 1. The molecule has 0 radical (unpaired) electrons. The van der Waals surface area contributed by atoms with Gasteiger partial charge in [-0.05, 0) is 25.8 Å². The van der Waals surface area contributed by atoms with Gasteiger partial charge in [0.2, 0.25) is 0 Å². The van der Waals surface area contributed by atoms with Crippen LogP contribution in [0, 0.1) is 6.92 Å². The highest BCUT2D eigenvalue weighted by molar-refractivity contribution is 7.07. The highest BCUT2D eigenvalue weighted by atomic mass is 32.1. The van der Waals surface area contributed by atoms with Crippen LogP contribution in [-0.2, 0) is 13.5 Å². The number of aromatic nitrogens is 2. The average molecular weight is 291 g/mol. The van der Waals surface area contributed by atoms with Crippen molar-refractivity contribution in [2.75, 3.05) is 0 Å². The second-order valence-electron chi connectivity index (χ2n) is 4.60. The van der Waals surface area contributed by atoms with E-state index >= 15 is 0 Å². The minimum Gasteiger partial charge on any atom is -0.354 e. The number of carbonyl (C=O) groups is 2. The molecule has 0 aliphatic heterocycles. The summed E-state index contributed by atoms with van der Waals surface area (Å²) in [6.07, 6.45) is 2.46. The molecule has 0 unspecified atom stereocenters. The molecule has 6 heteroatoms. The van der Waals surface area contributed by atoms with Crippen LogP contribution >= 0.6 is 11.3 Å². The van der Waals surface area contributed by atoms with Gasteiger partial charge in [0, 0.05) is 29.9 Å². The molecule has 2 aromatic heterocycles. The van der Waals surface area contributed by atoms with Crippen LogP contribution < -0.4 is 4.80 Å².